The minimum atomic E-state index is -0.541. The molecular weight excluding hydrogens is 366 g/mol. The molecule has 2 fully saturated rings. The zero-order valence-electron chi connectivity index (χ0n) is 16.3. The first-order chi connectivity index (χ1) is 13.4. The van der Waals surface area contributed by atoms with Gasteiger partial charge in [-0.2, -0.15) is 0 Å². The van der Waals surface area contributed by atoms with Gasteiger partial charge in [-0.25, -0.2) is 4.90 Å². The SMILES string of the molecule is COc1cc(N2C(=O)CC(N3CCC(C(N)=O)CC3)C2=O)cc(OC)c1OC. The number of anilines is 1. The number of methoxy groups -OCH3 is 3. The van der Waals surface area contributed by atoms with Gasteiger partial charge in [-0.1, -0.05) is 0 Å². The van der Waals surface area contributed by atoms with Crippen molar-refractivity contribution < 1.29 is 28.6 Å². The van der Waals surface area contributed by atoms with E-state index in [4.69, 9.17) is 19.9 Å². The van der Waals surface area contributed by atoms with E-state index in [0.717, 1.165) is 4.90 Å². The second-order valence-corrected chi connectivity index (χ2v) is 6.88. The van der Waals surface area contributed by atoms with Gasteiger partial charge in [-0.05, 0) is 25.9 Å². The van der Waals surface area contributed by atoms with E-state index in [-0.39, 0.29) is 30.1 Å². The molecule has 3 rings (SSSR count). The van der Waals surface area contributed by atoms with Gasteiger partial charge in [0.15, 0.2) is 11.5 Å². The number of piperidine rings is 1. The number of amides is 3. The van der Waals surface area contributed by atoms with Gasteiger partial charge in [-0.3, -0.25) is 19.3 Å². The van der Waals surface area contributed by atoms with Crippen LogP contribution in [-0.4, -0.2) is 63.1 Å². The number of imide groups is 1. The summed E-state index contributed by atoms with van der Waals surface area (Å²) in [6, 6.07) is 2.62. The first kappa shape index (κ1) is 19.9. The monoisotopic (exact) mass is 391 g/mol. The van der Waals surface area contributed by atoms with Crippen molar-refractivity contribution >= 4 is 23.4 Å². The molecule has 2 heterocycles. The van der Waals surface area contributed by atoms with Crippen LogP contribution in [0.4, 0.5) is 5.69 Å². The summed E-state index contributed by atoms with van der Waals surface area (Å²) in [6.07, 6.45) is 1.28. The van der Waals surface area contributed by atoms with E-state index >= 15 is 0 Å². The molecule has 1 unspecified atom stereocenters. The van der Waals surface area contributed by atoms with Gasteiger partial charge in [0.05, 0.1) is 39.5 Å². The fraction of sp³-hybridized carbons (Fsp3) is 0.526. The molecule has 2 N–H and O–H groups in total. The lowest BCUT2D eigenvalue weighted by Gasteiger charge is -2.33. The highest BCUT2D eigenvalue weighted by Crippen LogP contribution is 2.42. The van der Waals surface area contributed by atoms with E-state index in [0.29, 0.717) is 48.9 Å². The first-order valence-electron chi connectivity index (χ1n) is 9.11. The fourth-order valence-corrected chi connectivity index (χ4v) is 3.86. The van der Waals surface area contributed by atoms with E-state index in [1.165, 1.54) is 21.3 Å². The van der Waals surface area contributed by atoms with Crippen LogP contribution >= 0.6 is 0 Å². The first-order valence-corrected chi connectivity index (χ1v) is 9.11. The molecule has 2 aliphatic rings. The smallest absolute Gasteiger partial charge is 0.251 e. The molecule has 9 nitrogen and oxygen atoms in total. The van der Waals surface area contributed by atoms with E-state index in [9.17, 15) is 14.4 Å². The molecule has 2 aliphatic heterocycles. The summed E-state index contributed by atoms with van der Waals surface area (Å²) in [5.74, 6) is 0.0459. The molecule has 0 aromatic heterocycles. The minimum absolute atomic E-state index is 0.0940. The third-order valence-electron chi connectivity index (χ3n) is 5.40. The van der Waals surface area contributed by atoms with Gasteiger partial charge in [-0.15, -0.1) is 0 Å². The number of nitrogens with two attached hydrogens (primary N) is 1. The highest BCUT2D eigenvalue weighted by molar-refractivity contribution is 6.22. The highest BCUT2D eigenvalue weighted by atomic mass is 16.5. The molecule has 0 spiro atoms. The molecule has 0 saturated carbocycles. The van der Waals surface area contributed by atoms with Crippen molar-refractivity contribution in [2.45, 2.75) is 25.3 Å². The highest BCUT2D eigenvalue weighted by Gasteiger charge is 2.44. The molecule has 3 amide bonds. The van der Waals surface area contributed by atoms with E-state index in [1.807, 2.05) is 4.90 Å². The van der Waals surface area contributed by atoms with Gasteiger partial charge in [0, 0.05) is 18.1 Å². The molecule has 0 radical (unpaired) electrons. The van der Waals surface area contributed by atoms with Crippen molar-refractivity contribution in [3.8, 4) is 17.2 Å². The van der Waals surface area contributed by atoms with Gasteiger partial charge < -0.3 is 19.9 Å². The van der Waals surface area contributed by atoms with Crippen molar-refractivity contribution in [3.05, 3.63) is 12.1 Å². The summed E-state index contributed by atoms with van der Waals surface area (Å²) in [6.45, 7) is 1.11. The van der Waals surface area contributed by atoms with Gasteiger partial charge in [0.2, 0.25) is 17.6 Å². The Morgan fingerprint density at radius 1 is 1.04 bits per heavy atom. The maximum atomic E-state index is 13.0. The lowest BCUT2D eigenvalue weighted by Crippen LogP contribution is -2.47. The van der Waals surface area contributed by atoms with E-state index in [2.05, 4.69) is 0 Å². The Kier molecular flexibility index (Phi) is 5.73. The van der Waals surface area contributed by atoms with E-state index < -0.39 is 6.04 Å². The largest absolute Gasteiger partial charge is 0.493 e. The average molecular weight is 391 g/mol. The lowest BCUT2D eigenvalue weighted by atomic mass is 9.95. The van der Waals surface area contributed by atoms with E-state index in [1.54, 1.807) is 12.1 Å². The average Bonchev–Trinajstić information content (AvgIpc) is 3.00. The van der Waals surface area contributed by atoms with Crippen LogP contribution in [0.15, 0.2) is 12.1 Å². The predicted octanol–water partition coefficient (Wildman–Crippen LogP) is 0.542. The summed E-state index contributed by atoms with van der Waals surface area (Å²) in [4.78, 5) is 40.2. The van der Waals surface area contributed by atoms with Crippen molar-refractivity contribution in [1.82, 2.24) is 4.90 Å². The summed E-state index contributed by atoms with van der Waals surface area (Å²) in [5.41, 5.74) is 5.75. The summed E-state index contributed by atoms with van der Waals surface area (Å²) in [5, 5.41) is 0. The Bertz CT molecular complexity index is 763. The molecule has 0 bridgehead atoms. The molecule has 1 aromatic carbocycles. The van der Waals surface area contributed by atoms with Crippen LogP contribution in [0.5, 0.6) is 17.2 Å². The van der Waals surface area contributed by atoms with Crippen LogP contribution < -0.4 is 24.8 Å². The van der Waals surface area contributed by atoms with Crippen LogP contribution in [0, 0.1) is 5.92 Å². The molecule has 152 valence electrons. The molecule has 2 saturated heterocycles. The van der Waals surface area contributed by atoms with Crippen LogP contribution in [0.2, 0.25) is 0 Å². The maximum absolute atomic E-state index is 13.0. The number of likely N-dealkylation sites (tertiary alicyclic amines) is 1. The third kappa shape index (κ3) is 3.49. The van der Waals surface area contributed by atoms with Crippen LogP contribution in [0.3, 0.4) is 0 Å². The number of carbonyl (C=O) groups is 3. The number of carbonyl (C=O) groups excluding carboxylic acids is 3. The Hall–Kier alpha value is -2.81. The van der Waals surface area contributed by atoms with Gasteiger partial charge >= 0.3 is 0 Å². The second kappa shape index (κ2) is 8.05. The summed E-state index contributed by atoms with van der Waals surface area (Å²) >= 11 is 0. The van der Waals surface area contributed by atoms with Crippen molar-refractivity contribution in [3.63, 3.8) is 0 Å². The van der Waals surface area contributed by atoms with Crippen molar-refractivity contribution in [1.29, 1.82) is 0 Å². The molecule has 1 aromatic rings. The second-order valence-electron chi connectivity index (χ2n) is 6.88. The number of hydrogen-bond acceptors (Lipinski definition) is 7. The topological polar surface area (TPSA) is 111 Å². The third-order valence-corrected chi connectivity index (χ3v) is 5.40. The predicted molar refractivity (Wildman–Crippen MR) is 100 cm³/mol. The summed E-state index contributed by atoms with van der Waals surface area (Å²) in [7, 11) is 4.43. The Morgan fingerprint density at radius 2 is 1.61 bits per heavy atom. The number of primary amides is 1. The normalized spacial score (nSPS) is 21.1. The maximum Gasteiger partial charge on any atom is 0.251 e. The van der Waals surface area contributed by atoms with Crippen LogP contribution in [0.1, 0.15) is 19.3 Å². The standard InChI is InChI=1S/C19H25N3O6/c1-26-14-8-12(9-15(27-2)17(14)28-3)22-16(23)10-13(19(22)25)21-6-4-11(5-7-21)18(20)24/h8-9,11,13H,4-7,10H2,1-3H3,(H2,20,24). The zero-order valence-corrected chi connectivity index (χ0v) is 16.3. The Balaban J connectivity index is 1.84. The van der Waals surface area contributed by atoms with Crippen LogP contribution in [0.25, 0.3) is 0 Å². The quantitative estimate of drug-likeness (QED) is 0.705. The van der Waals surface area contributed by atoms with Crippen molar-refractivity contribution in [2.75, 3.05) is 39.3 Å². The lowest BCUT2D eigenvalue weighted by molar-refractivity contribution is -0.124. The molecule has 1 atom stereocenters. The Labute approximate surface area is 163 Å². The number of rotatable bonds is 6. The molecular formula is C19H25N3O6. The molecule has 28 heavy (non-hydrogen) atoms. The minimum Gasteiger partial charge on any atom is -0.493 e. The number of benzene rings is 1. The number of hydrogen-bond donors (Lipinski definition) is 1. The van der Waals surface area contributed by atoms with Gasteiger partial charge in [0.25, 0.3) is 5.91 Å². The fourth-order valence-electron chi connectivity index (χ4n) is 3.86. The zero-order chi connectivity index (χ0) is 20.4. The van der Waals surface area contributed by atoms with Gasteiger partial charge in [0.1, 0.15) is 0 Å². The number of nitrogens with zero attached hydrogens (tertiary/aromatic N) is 2. The molecule has 0 aliphatic carbocycles. The van der Waals surface area contributed by atoms with Crippen LogP contribution in [-0.2, 0) is 14.4 Å². The van der Waals surface area contributed by atoms with Crippen molar-refractivity contribution in [2.24, 2.45) is 11.7 Å². The number of ether oxygens (including phenoxy) is 3. The summed E-state index contributed by atoms with van der Waals surface area (Å²) < 4.78 is 15.9. The Morgan fingerprint density at radius 3 is 2.07 bits per heavy atom. The molecule has 9 heteroatoms.